The van der Waals surface area contributed by atoms with Crippen LogP contribution in [0.4, 0.5) is 0 Å². The Kier molecular flexibility index (Phi) is 9.29. The van der Waals surface area contributed by atoms with Gasteiger partial charge in [-0.25, -0.2) is 0 Å². The van der Waals surface area contributed by atoms with Gasteiger partial charge in [-0.05, 0) is 115 Å². The van der Waals surface area contributed by atoms with Gasteiger partial charge in [0, 0.05) is 48.7 Å². The topological polar surface area (TPSA) is 106 Å². The van der Waals surface area contributed by atoms with Crippen LogP contribution in [0.5, 0.6) is 17.2 Å². The van der Waals surface area contributed by atoms with E-state index in [1.165, 1.54) is 5.57 Å². The summed E-state index contributed by atoms with van der Waals surface area (Å²) in [5, 5.41) is 10.5. The SMILES string of the molecule is COc1cc(/C=C/C(=O)N2CCN(C(=O)[C@]3(C)CC[C@]4(C)CC[C@]5(C)C6=CC=C7C(=CC(=O)C(O)=C7C)[C@]6(C)CC[C@@]5(C)[C@@H]4C3)CC2)cc(OC)c1OC. The van der Waals surface area contributed by atoms with E-state index in [1.807, 2.05) is 16.7 Å². The summed E-state index contributed by atoms with van der Waals surface area (Å²) in [4.78, 5) is 44.6. The molecule has 0 spiro atoms. The molecule has 1 N–H and O–H groups in total. The highest BCUT2D eigenvalue weighted by molar-refractivity contribution is 6.06. The largest absolute Gasteiger partial charge is 0.504 e. The molecule has 9 nitrogen and oxygen atoms in total. The quantitative estimate of drug-likeness (QED) is 0.295. The maximum Gasteiger partial charge on any atom is 0.246 e. The average Bonchev–Trinajstić information content (AvgIpc) is 3.17. The van der Waals surface area contributed by atoms with Crippen molar-refractivity contribution in [2.75, 3.05) is 47.5 Å². The zero-order valence-corrected chi connectivity index (χ0v) is 33.7. The van der Waals surface area contributed by atoms with E-state index in [0.717, 1.165) is 61.7 Å². The summed E-state index contributed by atoms with van der Waals surface area (Å²) < 4.78 is 16.3. The van der Waals surface area contributed by atoms with E-state index in [0.29, 0.717) is 54.9 Å². The smallest absolute Gasteiger partial charge is 0.246 e. The highest BCUT2D eigenvalue weighted by Crippen LogP contribution is 2.75. The van der Waals surface area contributed by atoms with Crippen molar-refractivity contribution >= 4 is 23.7 Å². The Bertz CT molecular complexity index is 1920. The highest BCUT2D eigenvalue weighted by atomic mass is 16.5. The third-order valence-electron chi connectivity index (χ3n) is 15.4. The number of aliphatic hydroxyl groups is 1. The minimum Gasteiger partial charge on any atom is -0.504 e. The number of carbonyl (C=O) groups excluding carboxylic acids is 3. The van der Waals surface area contributed by atoms with Crippen molar-refractivity contribution in [1.29, 1.82) is 0 Å². The van der Waals surface area contributed by atoms with Gasteiger partial charge in [0.2, 0.25) is 23.3 Å². The van der Waals surface area contributed by atoms with E-state index in [9.17, 15) is 19.5 Å². The second-order valence-corrected chi connectivity index (χ2v) is 18.0. The Morgan fingerprint density at radius 1 is 0.833 bits per heavy atom. The first-order valence-electron chi connectivity index (χ1n) is 19.6. The van der Waals surface area contributed by atoms with Crippen LogP contribution < -0.4 is 14.2 Å². The van der Waals surface area contributed by atoms with E-state index in [-0.39, 0.29) is 45.0 Å². The number of ether oxygens (including phenoxy) is 3. The lowest BCUT2D eigenvalue weighted by Gasteiger charge is -2.70. The predicted octanol–water partition coefficient (Wildman–Crippen LogP) is 8.02. The Morgan fingerprint density at radius 2 is 1.46 bits per heavy atom. The van der Waals surface area contributed by atoms with Crippen LogP contribution in [0.15, 0.2) is 64.5 Å². The lowest BCUT2D eigenvalue weighted by molar-refractivity contribution is -0.175. The first kappa shape index (κ1) is 38.0. The number of piperazine rings is 1. The molecular weight excluding hydrogens is 681 g/mol. The number of fused-ring (bicyclic) bond motifs is 7. The molecule has 3 saturated carbocycles. The van der Waals surface area contributed by atoms with Crippen LogP contribution in [0.1, 0.15) is 92.1 Å². The number of hydrogen-bond donors (Lipinski definition) is 1. The molecule has 1 saturated heterocycles. The summed E-state index contributed by atoms with van der Waals surface area (Å²) >= 11 is 0. The van der Waals surface area contributed by atoms with Crippen molar-refractivity contribution < 1.29 is 33.7 Å². The molecule has 1 aromatic rings. The minimum absolute atomic E-state index is 0.0275. The van der Waals surface area contributed by atoms with Crippen LogP contribution in [0.25, 0.3) is 6.08 Å². The summed E-state index contributed by atoms with van der Waals surface area (Å²) in [5.74, 6) is 1.59. The molecule has 5 aliphatic carbocycles. The summed E-state index contributed by atoms with van der Waals surface area (Å²) in [6.07, 6.45) is 16.3. The molecule has 9 heteroatoms. The monoisotopic (exact) mass is 738 g/mol. The molecule has 1 aliphatic heterocycles. The maximum atomic E-state index is 14.6. The van der Waals surface area contributed by atoms with E-state index in [1.54, 1.807) is 51.7 Å². The fraction of sp³-hybridized carbons (Fsp3) is 0.578. The lowest BCUT2D eigenvalue weighted by Crippen LogP contribution is -2.63. The fourth-order valence-electron chi connectivity index (χ4n) is 11.6. The van der Waals surface area contributed by atoms with Gasteiger partial charge in [-0.2, -0.15) is 0 Å². The molecule has 2 amide bonds. The van der Waals surface area contributed by atoms with Crippen molar-refractivity contribution in [2.45, 2.75) is 86.5 Å². The Hall–Kier alpha value is -4.27. The number of hydrogen-bond acceptors (Lipinski definition) is 7. The number of carbonyl (C=O) groups is 3. The highest BCUT2D eigenvalue weighted by Gasteiger charge is 2.67. The van der Waals surface area contributed by atoms with E-state index >= 15 is 0 Å². The second-order valence-electron chi connectivity index (χ2n) is 18.0. The van der Waals surface area contributed by atoms with Gasteiger partial charge in [0.1, 0.15) is 0 Å². The molecule has 6 aliphatic rings. The molecule has 6 atom stereocenters. The summed E-state index contributed by atoms with van der Waals surface area (Å²) in [6, 6.07) is 3.61. The maximum absolute atomic E-state index is 14.6. The van der Waals surface area contributed by atoms with Crippen molar-refractivity contribution in [3.05, 3.63) is 70.1 Å². The number of nitrogens with zero attached hydrogens (tertiary/aromatic N) is 2. The number of amides is 2. The van der Waals surface area contributed by atoms with Crippen molar-refractivity contribution in [3.8, 4) is 17.2 Å². The number of rotatable bonds is 6. The van der Waals surface area contributed by atoms with Crippen LogP contribution in [0, 0.1) is 33.0 Å². The molecule has 1 heterocycles. The zero-order chi connectivity index (χ0) is 39.0. The van der Waals surface area contributed by atoms with E-state index in [2.05, 4.69) is 46.8 Å². The standard InChI is InChI=1S/C45H58N2O7/c1-28-30-11-12-35-43(4,31(30)26-32(48)38(28)50)17-19-45(6)36-27-42(3,15-14-41(36,2)16-18-44(35,45)5)40(51)47-22-20-46(21-23-47)37(49)13-10-29-24-33(52-7)39(54-9)34(25-29)53-8/h10-13,24-26,36,50H,14-23,27H2,1-9H3/b13-10+/t36-,41-,42-,43+,44-,45+/m1/s1. The Morgan fingerprint density at radius 3 is 2.09 bits per heavy atom. The van der Waals surface area contributed by atoms with Crippen LogP contribution in [0.3, 0.4) is 0 Å². The minimum atomic E-state index is -0.476. The third-order valence-corrected chi connectivity index (χ3v) is 15.4. The molecule has 1 aromatic carbocycles. The second kappa shape index (κ2) is 13.2. The number of aliphatic hydroxyl groups excluding tert-OH is 1. The molecule has 290 valence electrons. The van der Waals surface area contributed by atoms with Gasteiger partial charge in [-0.1, -0.05) is 52.3 Å². The summed E-state index contributed by atoms with van der Waals surface area (Å²) in [6.45, 7) is 15.8. The normalized spacial score (nSPS) is 34.9. The van der Waals surface area contributed by atoms with Gasteiger partial charge in [0.05, 0.1) is 21.3 Å². The zero-order valence-electron chi connectivity index (χ0n) is 33.7. The van der Waals surface area contributed by atoms with Crippen molar-refractivity contribution in [1.82, 2.24) is 9.80 Å². The van der Waals surface area contributed by atoms with Crippen LogP contribution in [-0.2, 0) is 14.4 Å². The Balaban J connectivity index is 1.07. The number of allylic oxidation sites excluding steroid dienone is 7. The number of benzene rings is 1. The van der Waals surface area contributed by atoms with Gasteiger partial charge in [-0.3, -0.25) is 14.4 Å². The first-order chi connectivity index (χ1) is 25.5. The van der Waals surface area contributed by atoms with Crippen LogP contribution in [0.2, 0.25) is 0 Å². The molecule has 0 bridgehead atoms. The lowest BCUT2D eigenvalue weighted by atomic mass is 9.34. The van der Waals surface area contributed by atoms with Crippen LogP contribution in [-0.4, -0.2) is 80.0 Å². The fourth-order valence-corrected chi connectivity index (χ4v) is 11.6. The summed E-state index contributed by atoms with van der Waals surface area (Å²) in [7, 11) is 4.68. The third kappa shape index (κ3) is 5.58. The Labute approximate surface area is 320 Å². The summed E-state index contributed by atoms with van der Waals surface area (Å²) in [5.41, 5.74) is 4.13. The van der Waals surface area contributed by atoms with Crippen molar-refractivity contribution in [2.24, 2.45) is 33.0 Å². The first-order valence-corrected chi connectivity index (χ1v) is 19.6. The van der Waals surface area contributed by atoms with E-state index in [4.69, 9.17) is 14.2 Å². The van der Waals surface area contributed by atoms with Gasteiger partial charge in [0.25, 0.3) is 0 Å². The van der Waals surface area contributed by atoms with Gasteiger partial charge < -0.3 is 29.1 Å². The number of ketones is 1. The average molecular weight is 739 g/mol. The molecule has 4 fully saturated rings. The van der Waals surface area contributed by atoms with Gasteiger partial charge >= 0.3 is 0 Å². The van der Waals surface area contributed by atoms with Crippen LogP contribution >= 0.6 is 0 Å². The van der Waals surface area contributed by atoms with Gasteiger partial charge in [-0.15, -0.1) is 0 Å². The molecule has 7 rings (SSSR count). The molecule has 54 heavy (non-hydrogen) atoms. The molecule has 0 radical (unpaired) electrons. The molecule has 0 aromatic heterocycles. The van der Waals surface area contributed by atoms with E-state index < -0.39 is 5.41 Å². The molecule has 0 unspecified atom stereocenters. The predicted molar refractivity (Wildman–Crippen MR) is 209 cm³/mol. The van der Waals surface area contributed by atoms with Crippen molar-refractivity contribution in [3.63, 3.8) is 0 Å². The molecular formula is C45H58N2O7. The number of methoxy groups -OCH3 is 3. The van der Waals surface area contributed by atoms with Gasteiger partial charge in [0.15, 0.2) is 17.3 Å².